The molecule has 0 atom stereocenters. The molecule has 0 radical (unpaired) electrons. The highest BCUT2D eigenvalue weighted by atomic mass is 16.3. The van der Waals surface area contributed by atoms with Gasteiger partial charge in [-0.25, -0.2) is 0 Å². The molecule has 2 nitrogen and oxygen atoms in total. The first-order valence-electron chi connectivity index (χ1n) is 3.36. The summed E-state index contributed by atoms with van der Waals surface area (Å²) >= 11 is 0. The van der Waals surface area contributed by atoms with E-state index >= 15 is 0 Å². The van der Waals surface area contributed by atoms with Crippen LogP contribution in [0.25, 0.3) is 0 Å². The zero-order chi connectivity index (χ0) is 8.43. The van der Waals surface area contributed by atoms with Crippen molar-refractivity contribution in [3.05, 3.63) is 28.8 Å². The molecule has 0 saturated heterocycles. The van der Waals surface area contributed by atoms with Crippen LogP contribution in [0.15, 0.2) is 12.1 Å². The first kappa shape index (κ1) is 7.62. The number of benzene rings is 1. The topological polar surface area (TPSA) is 44.0 Å². The number of aromatic hydroxyl groups is 1. The minimum absolute atomic E-state index is 0.251. The maximum atomic E-state index is 9.21. The van der Waals surface area contributed by atoms with Crippen molar-refractivity contribution in [1.29, 1.82) is 5.26 Å². The van der Waals surface area contributed by atoms with E-state index in [4.69, 9.17) is 5.26 Å². The highest BCUT2D eigenvalue weighted by molar-refractivity contribution is 5.47. The molecule has 1 rings (SSSR count). The average molecular weight is 147 g/mol. The molecule has 0 fully saturated rings. The lowest BCUT2D eigenvalue weighted by Crippen LogP contribution is -1.86. The molecule has 0 amide bonds. The maximum Gasteiger partial charge on any atom is 0.118 e. The summed E-state index contributed by atoms with van der Waals surface area (Å²) in [6, 6.07) is 5.22. The van der Waals surface area contributed by atoms with Crippen LogP contribution in [0.1, 0.15) is 16.7 Å². The summed E-state index contributed by atoms with van der Waals surface area (Å²) in [5.41, 5.74) is 2.26. The van der Waals surface area contributed by atoms with Crippen molar-refractivity contribution >= 4 is 0 Å². The van der Waals surface area contributed by atoms with E-state index in [-0.39, 0.29) is 5.75 Å². The molecule has 0 aliphatic heterocycles. The summed E-state index contributed by atoms with van der Waals surface area (Å²) in [5.74, 6) is 0.251. The summed E-state index contributed by atoms with van der Waals surface area (Å²) in [6.45, 7) is 3.62. The van der Waals surface area contributed by atoms with Crippen molar-refractivity contribution in [2.24, 2.45) is 0 Å². The molecule has 0 aliphatic carbocycles. The van der Waals surface area contributed by atoms with Crippen molar-refractivity contribution in [2.45, 2.75) is 13.8 Å². The van der Waals surface area contributed by atoms with Crippen LogP contribution in [0.5, 0.6) is 5.75 Å². The van der Waals surface area contributed by atoms with E-state index < -0.39 is 0 Å². The summed E-state index contributed by atoms with van der Waals surface area (Å²) in [7, 11) is 0. The smallest absolute Gasteiger partial charge is 0.118 e. The molecule has 1 aromatic rings. The Morgan fingerprint density at radius 3 is 2.45 bits per heavy atom. The number of phenols is 1. The van der Waals surface area contributed by atoms with Gasteiger partial charge < -0.3 is 5.11 Å². The molecule has 56 valence electrons. The van der Waals surface area contributed by atoms with Gasteiger partial charge in [0.1, 0.15) is 5.75 Å². The Bertz CT molecular complexity index is 323. The van der Waals surface area contributed by atoms with Gasteiger partial charge in [0.05, 0.1) is 11.6 Å². The van der Waals surface area contributed by atoms with Crippen LogP contribution in [0.4, 0.5) is 0 Å². The Kier molecular flexibility index (Phi) is 1.82. The fraction of sp³-hybridized carbons (Fsp3) is 0.222. The van der Waals surface area contributed by atoms with Gasteiger partial charge in [-0.1, -0.05) is 0 Å². The van der Waals surface area contributed by atoms with Crippen LogP contribution >= 0.6 is 0 Å². The fourth-order valence-electron chi connectivity index (χ4n) is 0.927. The van der Waals surface area contributed by atoms with Crippen LogP contribution in [0, 0.1) is 25.2 Å². The second-order valence-electron chi connectivity index (χ2n) is 2.49. The van der Waals surface area contributed by atoms with Gasteiger partial charge in [-0.2, -0.15) is 5.26 Å². The predicted octanol–water partition coefficient (Wildman–Crippen LogP) is 1.88. The maximum absolute atomic E-state index is 9.21. The van der Waals surface area contributed by atoms with E-state index in [0.717, 1.165) is 11.1 Å². The Morgan fingerprint density at radius 1 is 1.27 bits per heavy atom. The Hall–Kier alpha value is -1.49. The molecule has 0 aliphatic rings. The molecule has 0 saturated carbocycles. The van der Waals surface area contributed by atoms with Crippen LogP contribution in [-0.2, 0) is 0 Å². The number of nitrogens with zero attached hydrogens (tertiary/aromatic N) is 1. The number of nitriles is 1. The number of phenolic OH excluding ortho intramolecular Hbond substituents is 1. The largest absolute Gasteiger partial charge is 0.508 e. The molecule has 0 bridgehead atoms. The SMILES string of the molecule is Cc1c(O)ccc(C#N)c1C. The van der Waals surface area contributed by atoms with E-state index in [9.17, 15) is 5.11 Å². The molecule has 1 aromatic carbocycles. The monoisotopic (exact) mass is 147 g/mol. The summed E-state index contributed by atoms with van der Waals surface area (Å²) < 4.78 is 0. The highest BCUT2D eigenvalue weighted by Crippen LogP contribution is 2.21. The summed E-state index contributed by atoms with van der Waals surface area (Å²) in [6.07, 6.45) is 0. The number of hydrogen-bond donors (Lipinski definition) is 1. The molecule has 11 heavy (non-hydrogen) atoms. The first-order valence-corrected chi connectivity index (χ1v) is 3.36. The quantitative estimate of drug-likeness (QED) is 0.608. The Balaban J connectivity index is 3.40. The normalized spacial score (nSPS) is 9.18. The van der Waals surface area contributed by atoms with Crippen LogP contribution in [0.2, 0.25) is 0 Å². The molecule has 0 unspecified atom stereocenters. The summed E-state index contributed by atoms with van der Waals surface area (Å²) in [5, 5.41) is 17.8. The zero-order valence-electron chi connectivity index (χ0n) is 6.55. The van der Waals surface area contributed by atoms with Crippen molar-refractivity contribution in [3.8, 4) is 11.8 Å². The van der Waals surface area contributed by atoms with Gasteiger partial charge >= 0.3 is 0 Å². The van der Waals surface area contributed by atoms with Crippen molar-refractivity contribution in [1.82, 2.24) is 0 Å². The van der Waals surface area contributed by atoms with Gasteiger partial charge in [0.25, 0.3) is 0 Å². The van der Waals surface area contributed by atoms with E-state index in [2.05, 4.69) is 6.07 Å². The van der Waals surface area contributed by atoms with E-state index in [1.165, 1.54) is 0 Å². The lowest BCUT2D eigenvalue weighted by molar-refractivity contribution is 0.470. The van der Waals surface area contributed by atoms with Gasteiger partial charge in [-0.05, 0) is 37.1 Å². The highest BCUT2D eigenvalue weighted by Gasteiger charge is 2.03. The molecule has 1 N–H and O–H groups in total. The molecular formula is C9H9NO. The molecular weight excluding hydrogens is 138 g/mol. The predicted molar refractivity (Wildman–Crippen MR) is 42.3 cm³/mol. The van der Waals surface area contributed by atoms with Crippen molar-refractivity contribution < 1.29 is 5.11 Å². The zero-order valence-corrected chi connectivity index (χ0v) is 6.55. The van der Waals surface area contributed by atoms with E-state index in [0.29, 0.717) is 5.56 Å². The average Bonchev–Trinajstić information content (AvgIpc) is 2.01. The number of rotatable bonds is 0. The van der Waals surface area contributed by atoms with Gasteiger partial charge in [-0.15, -0.1) is 0 Å². The van der Waals surface area contributed by atoms with Crippen LogP contribution < -0.4 is 0 Å². The molecule has 2 heteroatoms. The van der Waals surface area contributed by atoms with E-state index in [1.54, 1.807) is 19.1 Å². The Labute approximate surface area is 65.7 Å². The van der Waals surface area contributed by atoms with Crippen molar-refractivity contribution in [2.75, 3.05) is 0 Å². The van der Waals surface area contributed by atoms with Gasteiger partial charge in [0.2, 0.25) is 0 Å². The van der Waals surface area contributed by atoms with Gasteiger partial charge in [-0.3, -0.25) is 0 Å². The third-order valence-electron chi connectivity index (χ3n) is 1.88. The van der Waals surface area contributed by atoms with Crippen molar-refractivity contribution in [3.63, 3.8) is 0 Å². The van der Waals surface area contributed by atoms with Gasteiger partial charge in [0, 0.05) is 0 Å². The van der Waals surface area contributed by atoms with Crippen LogP contribution in [-0.4, -0.2) is 5.11 Å². The standard InChI is InChI=1S/C9H9NO/c1-6-7(2)9(11)4-3-8(6)5-10/h3-4,11H,1-2H3. The lowest BCUT2D eigenvalue weighted by atomic mass is 10.0. The second kappa shape index (κ2) is 2.63. The minimum Gasteiger partial charge on any atom is -0.508 e. The Morgan fingerprint density at radius 2 is 1.91 bits per heavy atom. The first-order chi connectivity index (χ1) is 5.16. The lowest BCUT2D eigenvalue weighted by Gasteiger charge is -2.03. The fourth-order valence-corrected chi connectivity index (χ4v) is 0.927. The van der Waals surface area contributed by atoms with Gasteiger partial charge in [0.15, 0.2) is 0 Å². The third kappa shape index (κ3) is 1.18. The van der Waals surface area contributed by atoms with Crippen LogP contribution in [0.3, 0.4) is 0 Å². The number of hydrogen-bond acceptors (Lipinski definition) is 2. The molecule has 0 spiro atoms. The molecule has 0 heterocycles. The third-order valence-corrected chi connectivity index (χ3v) is 1.88. The summed E-state index contributed by atoms with van der Waals surface area (Å²) in [4.78, 5) is 0. The minimum atomic E-state index is 0.251. The van der Waals surface area contributed by atoms with E-state index in [1.807, 2.05) is 6.92 Å². The second-order valence-corrected chi connectivity index (χ2v) is 2.49. The molecule has 0 aromatic heterocycles.